The Balaban J connectivity index is 1.56. The number of carbonyl (C=O) groups excluding carboxylic acids is 2. The molecule has 0 saturated carbocycles. The molecule has 1 fully saturated rings. The van der Waals surface area contributed by atoms with Crippen molar-refractivity contribution in [2.75, 3.05) is 13.2 Å². The molecule has 0 spiro atoms. The van der Waals surface area contributed by atoms with Gasteiger partial charge >= 0.3 is 5.97 Å². The zero-order chi connectivity index (χ0) is 18.0. The summed E-state index contributed by atoms with van der Waals surface area (Å²) in [7, 11) is 1.80. The molecule has 25 heavy (non-hydrogen) atoms. The molecule has 0 N–H and O–H groups in total. The molecule has 1 aliphatic heterocycles. The first-order valence-corrected chi connectivity index (χ1v) is 8.44. The lowest BCUT2D eigenvalue weighted by Gasteiger charge is -2.16. The Bertz CT molecular complexity index is 783. The molecule has 6 nitrogen and oxygen atoms in total. The quantitative estimate of drug-likeness (QED) is 0.783. The van der Waals surface area contributed by atoms with Crippen molar-refractivity contribution in [2.24, 2.45) is 13.0 Å². The Kier molecular flexibility index (Phi) is 4.88. The van der Waals surface area contributed by atoms with Crippen LogP contribution in [0, 0.1) is 19.8 Å². The van der Waals surface area contributed by atoms with E-state index in [4.69, 9.17) is 4.74 Å². The number of aryl methyl sites for hydroxylation is 2. The van der Waals surface area contributed by atoms with Gasteiger partial charge in [0.05, 0.1) is 12.3 Å². The third-order valence-electron chi connectivity index (χ3n) is 4.67. The van der Waals surface area contributed by atoms with E-state index in [0.717, 1.165) is 11.3 Å². The zero-order valence-electron chi connectivity index (χ0n) is 14.9. The largest absolute Gasteiger partial charge is 0.462 e. The van der Waals surface area contributed by atoms with Crippen LogP contribution in [0.5, 0.6) is 0 Å². The van der Waals surface area contributed by atoms with Gasteiger partial charge in [-0.3, -0.25) is 9.48 Å². The van der Waals surface area contributed by atoms with Gasteiger partial charge in [-0.25, -0.2) is 4.79 Å². The van der Waals surface area contributed by atoms with Gasteiger partial charge in [0, 0.05) is 38.2 Å². The molecule has 0 radical (unpaired) electrons. The first-order valence-electron chi connectivity index (χ1n) is 8.44. The fourth-order valence-corrected chi connectivity index (χ4v) is 3.26. The van der Waals surface area contributed by atoms with E-state index in [1.54, 1.807) is 18.7 Å². The highest BCUT2D eigenvalue weighted by Crippen LogP contribution is 2.21. The van der Waals surface area contributed by atoms with Crippen LogP contribution in [-0.2, 0) is 23.1 Å². The molecule has 1 unspecified atom stereocenters. The van der Waals surface area contributed by atoms with Gasteiger partial charge in [0.1, 0.15) is 5.56 Å². The summed E-state index contributed by atoms with van der Waals surface area (Å²) in [5.41, 5.74) is 3.08. The van der Waals surface area contributed by atoms with Gasteiger partial charge in [0.25, 0.3) is 0 Å². The summed E-state index contributed by atoms with van der Waals surface area (Å²) < 4.78 is 7.14. The van der Waals surface area contributed by atoms with Crippen LogP contribution < -0.4 is 0 Å². The van der Waals surface area contributed by atoms with Crippen molar-refractivity contribution >= 4 is 11.9 Å². The maximum atomic E-state index is 12.3. The predicted molar refractivity (Wildman–Crippen MR) is 92.9 cm³/mol. The Morgan fingerprint density at radius 3 is 2.64 bits per heavy atom. The minimum Gasteiger partial charge on any atom is -0.462 e. The van der Waals surface area contributed by atoms with Crippen molar-refractivity contribution in [1.29, 1.82) is 0 Å². The number of ether oxygens (including phenoxy) is 1. The Morgan fingerprint density at radius 2 is 2.00 bits per heavy atom. The minimum atomic E-state index is -0.364. The highest BCUT2D eigenvalue weighted by molar-refractivity contribution is 5.91. The molecular formula is C19H23N3O3. The first-order chi connectivity index (χ1) is 12.0. The minimum absolute atomic E-state index is 0.0393. The summed E-state index contributed by atoms with van der Waals surface area (Å²) in [4.78, 5) is 26.4. The number of nitrogens with zero attached hydrogens (tertiary/aromatic N) is 3. The van der Waals surface area contributed by atoms with E-state index < -0.39 is 0 Å². The number of likely N-dealkylation sites (tertiary alicyclic amines) is 1. The van der Waals surface area contributed by atoms with Crippen molar-refractivity contribution in [3.05, 3.63) is 52.8 Å². The molecule has 0 bridgehead atoms. The molecule has 1 amide bonds. The molecule has 1 aromatic heterocycles. The number of hydrogen-bond donors (Lipinski definition) is 0. The van der Waals surface area contributed by atoms with Crippen molar-refractivity contribution in [3.8, 4) is 0 Å². The number of esters is 1. The number of aromatic nitrogens is 2. The summed E-state index contributed by atoms with van der Waals surface area (Å²) >= 11 is 0. The van der Waals surface area contributed by atoms with Crippen LogP contribution in [0.4, 0.5) is 0 Å². The molecule has 2 aromatic rings. The van der Waals surface area contributed by atoms with Crippen LogP contribution >= 0.6 is 0 Å². The summed E-state index contributed by atoms with van der Waals surface area (Å²) in [6.45, 7) is 5.11. The van der Waals surface area contributed by atoms with Gasteiger partial charge in [-0.05, 0) is 19.4 Å². The molecule has 1 atom stereocenters. The van der Waals surface area contributed by atoms with Crippen LogP contribution in [-0.4, -0.2) is 39.7 Å². The highest BCUT2D eigenvalue weighted by Gasteiger charge is 2.31. The normalized spacial score (nSPS) is 17.2. The lowest BCUT2D eigenvalue weighted by Crippen LogP contribution is -2.25. The van der Waals surface area contributed by atoms with E-state index in [9.17, 15) is 9.59 Å². The number of carbonyl (C=O) groups is 2. The molecule has 1 aliphatic rings. The van der Waals surface area contributed by atoms with Gasteiger partial charge in [0.15, 0.2) is 0 Å². The second-order valence-electron chi connectivity index (χ2n) is 6.60. The number of amides is 1. The molecule has 1 saturated heterocycles. The number of rotatable bonds is 5. The first kappa shape index (κ1) is 17.2. The standard InChI is InChI=1S/C19H23N3O3/c1-13-18(14(2)21(3)20-13)19(24)25-12-16-9-17(23)22(11-16)10-15-7-5-4-6-8-15/h4-8,16H,9-12H2,1-3H3. The molecule has 6 heteroatoms. The topological polar surface area (TPSA) is 64.4 Å². The van der Waals surface area contributed by atoms with Gasteiger partial charge in [-0.2, -0.15) is 5.10 Å². The van der Waals surface area contributed by atoms with Crippen LogP contribution in [0.1, 0.15) is 33.7 Å². The number of hydrogen-bond acceptors (Lipinski definition) is 4. The van der Waals surface area contributed by atoms with Crippen LogP contribution in [0.25, 0.3) is 0 Å². The van der Waals surface area contributed by atoms with E-state index in [-0.39, 0.29) is 24.4 Å². The Hall–Kier alpha value is -2.63. The average molecular weight is 341 g/mol. The van der Waals surface area contributed by atoms with E-state index in [0.29, 0.717) is 30.8 Å². The predicted octanol–water partition coefficient (Wildman–Crippen LogP) is 2.24. The van der Waals surface area contributed by atoms with Crippen LogP contribution in [0.3, 0.4) is 0 Å². The van der Waals surface area contributed by atoms with Gasteiger partial charge in [-0.1, -0.05) is 30.3 Å². The average Bonchev–Trinajstić information content (AvgIpc) is 3.05. The smallest absolute Gasteiger partial charge is 0.341 e. The van der Waals surface area contributed by atoms with Crippen molar-refractivity contribution in [1.82, 2.24) is 14.7 Å². The van der Waals surface area contributed by atoms with E-state index >= 15 is 0 Å². The van der Waals surface area contributed by atoms with E-state index in [1.165, 1.54) is 0 Å². The van der Waals surface area contributed by atoms with E-state index in [1.807, 2.05) is 42.2 Å². The summed E-state index contributed by atoms with van der Waals surface area (Å²) in [5, 5.41) is 4.24. The van der Waals surface area contributed by atoms with Gasteiger partial charge in [-0.15, -0.1) is 0 Å². The third-order valence-corrected chi connectivity index (χ3v) is 4.67. The zero-order valence-corrected chi connectivity index (χ0v) is 14.9. The fraction of sp³-hybridized carbons (Fsp3) is 0.421. The number of benzene rings is 1. The SMILES string of the molecule is Cc1nn(C)c(C)c1C(=O)OCC1CC(=O)N(Cc2ccccc2)C1. The van der Waals surface area contributed by atoms with Gasteiger partial charge < -0.3 is 9.64 Å². The lowest BCUT2D eigenvalue weighted by atomic mass is 10.1. The molecule has 1 aromatic carbocycles. The summed E-state index contributed by atoms with van der Waals surface area (Å²) in [6.07, 6.45) is 0.422. The second-order valence-corrected chi connectivity index (χ2v) is 6.60. The molecule has 0 aliphatic carbocycles. The second kappa shape index (κ2) is 7.09. The molecule has 132 valence electrons. The lowest BCUT2D eigenvalue weighted by molar-refractivity contribution is -0.128. The summed E-state index contributed by atoms with van der Waals surface area (Å²) in [5.74, 6) is -0.215. The molecule has 3 rings (SSSR count). The highest BCUT2D eigenvalue weighted by atomic mass is 16.5. The van der Waals surface area contributed by atoms with Crippen LogP contribution in [0.15, 0.2) is 30.3 Å². The molecule has 2 heterocycles. The Labute approximate surface area is 147 Å². The fourth-order valence-electron chi connectivity index (χ4n) is 3.26. The maximum absolute atomic E-state index is 12.3. The summed E-state index contributed by atoms with van der Waals surface area (Å²) in [6, 6.07) is 9.91. The maximum Gasteiger partial charge on any atom is 0.341 e. The van der Waals surface area contributed by atoms with Crippen molar-refractivity contribution < 1.29 is 14.3 Å². The van der Waals surface area contributed by atoms with Gasteiger partial charge in [0.2, 0.25) is 5.91 Å². The Morgan fingerprint density at radius 1 is 1.28 bits per heavy atom. The van der Waals surface area contributed by atoms with Crippen LogP contribution in [0.2, 0.25) is 0 Å². The van der Waals surface area contributed by atoms with E-state index in [2.05, 4.69) is 5.10 Å². The third kappa shape index (κ3) is 3.73. The molecular weight excluding hydrogens is 318 g/mol. The van der Waals surface area contributed by atoms with Crippen molar-refractivity contribution in [3.63, 3.8) is 0 Å². The van der Waals surface area contributed by atoms with Crippen molar-refractivity contribution in [2.45, 2.75) is 26.8 Å². The monoisotopic (exact) mass is 341 g/mol.